The van der Waals surface area contributed by atoms with Crippen LogP contribution in [0.1, 0.15) is 18.9 Å². The highest BCUT2D eigenvalue weighted by Crippen LogP contribution is 2.28. The van der Waals surface area contributed by atoms with E-state index in [4.69, 9.17) is 22.6 Å². The van der Waals surface area contributed by atoms with Crippen LogP contribution in [0.25, 0.3) is 0 Å². The number of hydrogen-bond donors (Lipinski definition) is 1. The number of nitrogens with two attached hydrogens (primary N) is 1. The highest BCUT2D eigenvalue weighted by atomic mass is 35.5. The van der Waals surface area contributed by atoms with Crippen molar-refractivity contribution in [2.24, 2.45) is 5.73 Å². The zero-order chi connectivity index (χ0) is 11.7. The molecule has 0 bridgehead atoms. The van der Waals surface area contributed by atoms with Gasteiger partial charge in [0.25, 0.3) is 0 Å². The topological polar surface area (TPSA) is 53.0 Å². The third-order valence-corrected chi connectivity index (χ3v) is 3.53. The van der Waals surface area contributed by atoms with Crippen molar-refractivity contribution >= 4 is 17.3 Å². The molecule has 4 heteroatoms. The van der Waals surface area contributed by atoms with Gasteiger partial charge in [0, 0.05) is 24.3 Å². The number of nitrogens with zero attached hydrogens (tertiary/aromatic N) is 2. The molecule has 84 valence electrons. The van der Waals surface area contributed by atoms with Crippen molar-refractivity contribution in [3.05, 3.63) is 28.8 Å². The molecule has 2 N–H and O–H groups in total. The maximum absolute atomic E-state index is 8.80. The molecule has 0 aliphatic carbocycles. The molecule has 16 heavy (non-hydrogen) atoms. The minimum absolute atomic E-state index is 0.217. The smallest absolute Gasteiger partial charge is 0.101 e. The molecule has 1 heterocycles. The quantitative estimate of drug-likeness (QED) is 0.812. The minimum atomic E-state index is 0.217. The first-order valence-corrected chi connectivity index (χ1v) is 5.73. The Balaban J connectivity index is 2.29. The lowest BCUT2D eigenvalue weighted by Gasteiger charge is -2.25. The summed E-state index contributed by atoms with van der Waals surface area (Å²) in [6.45, 7) is 3.06. The second kappa shape index (κ2) is 4.32. The van der Waals surface area contributed by atoms with E-state index in [1.807, 2.05) is 12.1 Å². The van der Waals surface area contributed by atoms with Crippen LogP contribution in [0, 0.1) is 11.3 Å². The Morgan fingerprint density at radius 1 is 1.56 bits per heavy atom. The Hall–Kier alpha value is -1.24. The molecule has 3 nitrogen and oxygen atoms in total. The second-order valence-electron chi connectivity index (χ2n) is 4.16. The lowest BCUT2D eigenvalue weighted by Crippen LogP contribution is -2.36. The molecule has 0 unspecified atom stereocenters. The summed E-state index contributed by atoms with van der Waals surface area (Å²) in [5.74, 6) is 0. The van der Waals surface area contributed by atoms with Crippen LogP contribution in [0.5, 0.6) is 0 Å². The molecule has 1 aliphatic rings. The van der Waals surface area contributed by atoms with Gasteiger partial charge in [0.15, 0.2) is 0 Å². The van der Waals surface area contributed by atoms with E-state index in [1.165, 1.54) is 0 Å². The van der Waals surface area contributed by atoms with Gasteiger partial charge >= 0.3 is 0 Å². The molecule has 0 aromatic heterocycles. The van der Waals surface area contributed by atoms with Gasteiger partial charge in [0.1, 0.15) is 6.07 Å². The lowest BCUT2D eigenvalue weighted by molar-refractivity contribution is 0.624. The van der Waals surface area contributed by atoms with E-state index in [-0.39, 0.29) is 6.04 Å². The first kappa shape index (κ1) is 11.3. The van der Waals surface area contributed by atoms with Crippen molar-refractivity contribution in [3.63, 3.8) is 0 Å². The minimum Gasteiger partial charge on any atom is -0.367 e. The number of nitriles is 1. The zero-order valence-electron chi connectivity index (χ0n) is 9.15. The van der Waals surface area contributed by atoms with Gasteiger partial charge in [-0.2, -0.15) is 5.26 Å². The van der Waals surface area contributed by atoms with Crippen molar-refractivity contribution in [1.82, 2.24) is 0 Å². The molecule has 2 atom stereocenters. The Labute approximate surface area is 100 Å². The van der Waals surface area contributed by atoms with E-state index in [9.17, 15) is 0 Å². The van der Waals surface area contributed by atoms with Gasteiger partial charge in [0.05, 0.1) is 10.6 Å². The van der Waals surface area contributed by atoms with Crippen molar-refractivity contribution in [2.75, 3.05) is 11.4 Å². The molecule has 0 radical (unpaired) electrons. The maximum atomic E-state index is 8.80. The van der Waals surface area contributed by atoms with E-state index >= 15 is 0 Å². The average molecular weight is 236 g/mol. The second-order valence-corrected chi connectivity index (χ2v) is 4.57. The predicted octanol–water partition coefficient (Wildman–Crippen LogP) is 2.14. The normalized spacial score (nSPS) is 24.5. The van der Waals surface area contributed by atoms with Gasteiger partial charge < -0.3 is 10.6 Å². The summed E-state index contributed by atoms with van der Waals surface area (Å²) in [7, 11) is 0. The van der Waals surface area contributed by atoms with Crippen molar-refractivity contribution in [1.29, 1.82) is 5.26 Å². The van der Waals surface area contributed by atoms with Crippen LogP contribution >= 0.6 is 11.6 Å². The zero-order valence-corrected chi connectivity index (χ0v) is 9.91. The van der Waals surface area contributed by atoms with Crippen LogP contribution in [0.2, 0.25) is 5.02 Å². The summed E-state index contributed by atoms with van der Waals surface area (Å²) in [4.78, 5) is 2.23. The van der Waals surface area contributed by atoms with Crippen molar-refractivity contribution < 1.29 is 0 Å². The monoisotopic (exact) mass is 235 g/mol. The number of rotatable bonds is 1. The van der Waals surface area contributed by atoms with Crippen LogP contribution in [0.4, 0.5) is 5.69 Å². The number of benzene rings is 1. The highest BCUT2D eigenvalue weighted by molar-refractivity contribution is 6.32. The Morgan fingerprint density at radius 3 is 2.81 bits per heavy atom. The SMILES string of the molecule is C[C@H]1[C@@H](N)CCN1c1ccc(C#N)c(Cl)c1. The fraction of sp³-hybridized carbons (Fsp3) is 0.417. The molecule has 1 aromatic rings. The first-order valence-electron chi connectivity index (χ1n) is 5.35. The van der Waals surface area contributed by atoms with E-state index in [0.717, 1.165) is 18.7 Å². The largest absolute Gasteiger partial charge is 0.367 e. The van der Waals surface area contributed by atoms with Crippen molar-refractivity contribution in [3.8, 4) is 6.07 Å². The molecule has 0 saturated carbocycles. The average Bonchev–Trinajstić information content (AvgIpc) is 2.60. The molecule has 1 aliphatic heterocycles. The highest BCUT2D eigenvalue weighted by Gasteiger charge is 2.28. The summed E-state index contributed by atoms with van der Waals surface area (Å²) >= 11 is 6.01. The van der Waals surface area contributed by atoms with Crippen molar-refractivity contribution in [2.45, 2.75) is 25.4 Å². The van der Waals surface area contributed by atoms with E-state index in [2.05, 4.69) is 17.9 Å². The van der Waals surface area contributed by atoms with Crippen LogP contribution in [0.3, 0.4) is 0 Å². The van der Waals surface area contributed by atoms with Crippen LogP contribution in [-0.2, 0) is 0 Å². The summed E-state index contributed by atoms with van der Waals surface area (Å²) in [6.07, 6.45) is 0.999. The maximum Gasteiger partial charge on any atom is 0.101 e. The van der Waals surface area contributed by atoms with Crippen LogP contribution in [0.15, 0.2) is 18.2 Å². The molecule has 1 fully saturated rings. The van der Waals surface area contributed by atoms with Gasteiger partial charge in [-0.15, -0.1) is 0 Å². The summed E-state index contributed by atoms with van der Waals surface area (Å²) in [5, 5.41) is 9.31. The van der Waals surface area contributed by atoms with Gasteiger partial charge in [0.2, 0.25) is 0 Å². The third-order valence-electron chi connectivity index (χ3n) is 3.22. The summed E-state index contributed by atoms with van der Waals surface area (Å²) in [5.41, 5.74) is 7.53. The molecule has 1 saturated heterocycles. The standard InChI is InChI=1S/C12H14ClN3/c1-8-12(15)4-5-16(8)10-3-2-9(7-14)11(13)6-10/h2-3,6,8,12H,4-5,15H2,1H3/t8-,12-/m0/s1. The van der Waals surface area contributed by atoms with Gasteiger partial charge in [-0.25, -0.2) is 0 Å². The molecule has 1 aromatic carbocycles. The van der Waals surface area contributed by atoms with E-state index in [1.54, 1.807) is 6.07 Å². The van der Waals surface area contributed by atoms with Gasteiger partial charge in [-0.05, 0) is 31.5 Å². The number of anilines is 1. The molecular weight excluding hydrogens is 222 g/mol. The lowest BCUT2D eigenvalue weighted by atomic mass is 10.1. The summed E-state index contributed by atoms with van der Waals surface area (Å²) in [6, 6.07) is 8.13. The first-order chi connectivity index (χ1) is 7.63. The summed E-state index contributed by atoms with van der Waals surface area (Å²) < 4.78 is 0. The molecular formula is C12H14ClN3. The third kappa shape index (κ3) is 1.87. The fourth-order valence-electron chi connectivity index (χ4n) is 2.10. The van der Waals surface area contributed by atoms with Gasteiger partial charge in [-0.3, -0.25) is 0 Å². The van der Waals surface area contributed by atoms with Gasteiger partial charge in [-0.1, -0.05) is 11.6 Å². The number of halogens is 1. The fourth-order valence-corrected chi connectivity index (χ4v) is 2.32. The predicted molar refractivity (Wildman–Crippen MR) is 65.6 cm³/mol. The number of hydrogen-bond acceptors (Lipinski definition) is 3. The molecule has 2 rings (SSSR count). The molecule has 0 amide bonds. The Bertz CT molecular complexity index is 438. The van der Waals surface area contributed by atoms with E-state index < -0.39 is 0 Å². The van der Waals surface area contributed by atoms with Crippen LogP contribution < -0.4 is 10.6 Å². The molecule has 0 spiro atoms. The Morgan fingerprint density at radius 2 is 2.31 bits per heavy atom. The van der Waals surface area contributed by atoms with Crippen LogP contribution in [-0.4, -0.2) is 18.6 Å². The van der Waals surface area contributed by atoms with E-state index in [0.29, 0.717) is 16.6 Å². The Kier molecular flexibility index (Phi) is 3.04.